The van der Waals surface area contributed by atoms with Crippen LogP contribution in [0.3, 0.4) is 0 Å². The Morgan fingerprint density at radius 3 is 2.41 bits per heavy atom. The third-order valence-electron chi connectivity index (χ3n) is 3.42. The molecule has 1 unspecified atom stereocenters. The minimum Gasteiger partial charge on any atom is -0.496 e. The summed E-state index contributed by atoms with van der Waals surface area (Å²) in [5.74, 6) is 0.940. The molecule has 0 aliphatic heterocycles. The smallest absolute Gasteiger partial charge is 0.122 e. The Morgan fingerprint density at radius 1 is 1.24 bits per heavy atom. The standard InChI is InChI=1S/C14H24N2O/c1-9-8-13(17-4)10(2)11(3)14(9)12(16)6-5-7-15/h8,12H,5-7,15-16H2,1-4H3. The summed E-state index contributed by atoms with van der Waals surface area (Å²) in [5, 5.41) is 0. The third-order valence-corrected chi connectivity index (χ3v) is 3.42. The summed E-state index contributed by atoms with van der Waals surface area (Å²) in [6.45, 7) is 6.97. The SMILES string of the molecule is COc1cc(C)c(C(N)CCCN)c(C)c1C. The van der Waals surface area contributed by atoms with E-state index >= 15 is 0 Å². The first kappa shape index (κ1) is 14.0. The van der Waals surface area contributed by atoms with Gasteiger partial charge in [0, 0.05) is 6.04 Å². The second kappa shape index (κ2) is 6.03. The average molecular weight is 236 g/mol. The summed E-state index contributed by atoms with van der Waals surface area (Å²) in [4.78, 5) is 0. The first-order valence-corrected chi connectivity index (χ1v) is 6.13. The fraction of sp³-hybridized carbons (Fsp3) is 0.571. The monoisotopic (exact) mass is 236 g/mol. The minimum absolute atomic E-state index is 0.0724. The van der Waals surface area contributed by atoms with Gasteiger partial charge in [0.15, 0.2) is 0 Å². The van der Waals surface area contributed by atoms with Gasteiger partial charge < -0.3 is 16.2 Å². The quantitative estimate of drug-likeness (QED) is 0.825. The van der Waals surface area contributed by atoms with Crippen molar-refractivity contribution in [1.29, 1.82) is 0 Å². The fourth-order valence-corrected chi connectivity index (χ4v) is 2.33. The normalized spacial score (nSPS) is 12.6. The number of rotatable bonds is 5. The molecule has 0 amide bonds. The van der Waals surface area contributed by atoms with Crippen molar-refractivity contribution in [3.05, 3.63) is 28.3 Å². The summed E-state index contributed by atoms with van der Waals surface area (Å²) in [6, 6.07) is 2.14. The van der Waals surface area contributed by atoms with E-state index in [4.69, 9.17) is 16.2 Å². The molecule has 3 nitrogen and oxygen atoms in total. The molecule has 0 saturated heterocycles. The van der Waals surface area contributed by atoms with Crippen LogP contribution in [-0.2, 0) is 0 Å². The molecule has 1 aromatic carbocycles. The molecule has 0 bridgehead atoms. The van der Waals surface area contributed by atoms with Crippen LogP contribution in [0.25, 0.3) is 0 Å². The van der Waals surface area contributed by atoms with Gasteiger partial charge in [-0.1, -0.05) is 0 Å². The zero-order chi connectivity index (χ0) is 13.0. The van der Waals surface area contributed by atoms with Gasteiger partial charge >= 0.3 is 0 Å². The van der Waals surface area contributed by atoms with E-state index < -0.39 is 0 Å². The van der Waals surface area contributed by atoms with Gasteiger partial charge in [0.2, 0.25) is 0 Å². The first-order chi connectivity index (χ1) is 8.02. The van der Waals surface area contributed by atoms with E-state index in [-0.39, 0.29) is 6.04 Å². The molecule has 0 heterocycles. The van der Waals surface area contributed by atoms with Crippen LogP contribution in [0, 0.1) is 20.8 Å². The molecule has 0 aliphatic carbocycles. The van der Waals surface area contributed by atoms with Crippen molar-refractivity contribution in [2.75, 3.05) is 13.7 Å². The maximum atomic E-state index is 6.25. The van der Waals surface area contributed by atoms with Crippen LogP contribution in [0.5, 0.6) is 5.75 Å². The van der Waals surface area contributed by atoms with Crippen LogP contribution in [0.15, 0.2) is 6.07 Å². The Bertz CT molecular complexity index is 388. The summed E-state index contributed by atoms with van der Waals surface area (Å²) in [6.07, 6.45) is 1.90. The molecule has 1 rings (SSSR count). The Balaban J connectivity index is 3.11. The van der Waals surface area contributed by atoms with E-state index in [0.29, 0.717) is 6.54 Å². The highest BCUT2D eigenvalue weighted by molar-refractivity contribution is 5.49. The van der Waals surface area contributed by atoms with Crippen LogP contribution in [-0.4, -0.2) is 13.7 Å². The Morgan fingerprint density at radius 2 is 1.88 bits per heavy atom. The highest BCUT2D eigenvalue weighted by Crippen LogP contribution is 2.31. The van der Waals surface area contributed by atoms with Crippen molar-refractivity contribution < 1.29 is 4.74 Å². The molecule has 96 valence electrons. The lowest BCUT2D eigenvalue weighted by Crippen LogP contribution is -2.16. The van der Waals surface area contributed by atoms with Crippen LogP contribution in [0.4, 0.5) is 0 Å². The number of ether oxygens (including phenoxy) is 1. The molecule has 0 spiro atoms. The van der Waals surface area contributed by atoms with Crippen molar-refractivity contribution in [2.45, 2.75) is 39.7 Å². The second-order valence-corrected chi connectivity index (χ2v) is 4.60. The molecular weight excluding hydrogens is 212 g/mol. The van der Waals surface area contributed by atoms with Crippen molar-refractivity contribution in [3.8, 4) is 5.75 Å². The molecule has 4 N–H and O–H groups in total. The van der Waals surface area contributed by atoms with Gasteiger partial charge in [-0.3, -0.25) is 0 Å². The molecular formula is C14H24N2O. The molecule has 0 aliphatic rings. The summed E-state index contributed by atoms with van der Waals surface area (Å²) < 4.78 is 5.36. The fourth-order valence-electron chi connectivity index (χ4n) is 2.33. The molecule has 17 heavy (non-hydrogen) atoms. The van der Waals surface area contributed by atoms with E-state index in [9.17, 15) is 0 Å². The first-order valence-electron chi connectivity index (χ1n) is 6.13. The predicted molar refractivity (Wildman–Crippen MR) is 72.4 cm³/mol. The van der Waals surface area contributed by atoms with Crippen molar-refractivity contribution in [2.24, 2.45) is 11.5 Å². The maximum absolute atomic E-state index is 6.25. The Hall–Kier alpha value is -1.06. The van der Waals surface area contributed by atoms with Crippen LogP contribution >= 0.6 is 0 Å². The van der Waals surface area contributed by atoms with Gasteiger partial charge in [-0.15, -0.1) is 0 Å². The van der Waals surface area contributed by atoms with Crippen LogP contribution < -0.4 is 16.2 Å². The van der Waals surface area contributed by atoms with Gasteiger partial charge in [-0.05, 0) is 68.5 Å². The van der Waals surface area contributed by atoms with Crippen LogP contribution in [0.2, 0.25) is 0 Å². The summed E-state index contributed by atoms with van der Waals surface area (Å²) >= 11 is 0. The molecule has 3 heteroatoms. The van der Waals surface area contributed by atoms with Crippen molar-refractivity contribution in [1.82, 2.24) is 0 Å². The number of nitrogens with two attached hydrogens (primary N) is 2. The topological polar surface area (TPSA) is 61.3 Å². The van der Waals surface area contributed by atoms with E-state index in [0.717, 1.165) is 18.6 Å². The lowest BCUT2D eigenvalue weighted by molar-refractivity contribution is 0.410. The van der Waals surface area contributed by atoms with E-state index in [1.165, 1.54) is 22.3 Å². The number of aryl methyl sites for hydroxylation is 1. The molecule has 1 aromatic rings. The largest absolute Gasteiger partial charge is 0.496 e. The Kier molecular flexibility index (Phi) is 4.97. The lowest BCUT2D eigenvalue weighted by Gasteiger charge is -2.21. The highest BCUT2D eigenvalue weighted by Gasteiger charge is 2.15. The number of hydrogen-bond donors (Lipinski definition) is 2. The number of hydrogen-bond acceptors (Lipinski definition) is 3. The van der Waals surface area contributed by atoms with Crippen molar-refractivity contribution in [3.63, 3.8) is 0 Å². The summed E-state index contributed by atoms with van der Waals surface area (Å²) in [5.41, 5.74) is 16.6. The van der Waals surface area contributed by atoms with Gasteiger partial charge in [0.25, 0.3) is 0 Å². The van der Waals surface area contributed by atoms with E-state index in [2.05, 4.69) is 26.8 Å². The maximum Gasteiger partial charge on any atom is 0.122 e. The van der Waals surface area contributed by atoms with E-state index in [1.54, 1.807) is 7.11 Å². The summed E-state index contributed by atoms with van der Waals surface area (Å²) in [7, 11) is 1.70. The molecule has 1 atom stereocenters. The zero-order valence-corrected chi connectivity index (χ0v) is 11.3. The molecule has 0 fully saturated rings. The van der Waals surface area contributed by atoms with Gasteiger partial charge in [0.05, 0.1) is 7.11 Å². The lowest BCUT2D eigenvalue weighted by atomic mass is 9.90. The van der Waals surface area contributed by atoms with Gasteiger partial charge in [-0.2, -0.15) is 0 Å². The highest BCUT2D eigenvalue weighted by atomic mass is 16.5. The Labute approximate surface area is 104 Å². The predicted octanol–water partition coefficient (Wildman–Crippen LogP) is 2.36. The zero-order valence-electron chi connectivity index (χ0n) is 11.3. The van der Waals surface area contributed by atoms with Gasteiger partial charge in [-0.25, -0.2) is 0 Å². The minimum atomic E-state index is 0.0724. The molecule has 0 saturated carbocycles. The van der Waals surface area contributed by atoms with Gasteiger partial charge in [0.1, 0.15) is 5.75 Å². The number of methoxy groups -OCH3 is 1. The second-order valence-electron chi connectivity index (χ2n) is 4.60. The number of benzene rings is 1. The van der Waals surface area contributed by atoms with E-state index in [1.807, 2.05) is 0 Å². The third kappa shape index (κ3) is 2.99. The van der Waals surface area contributed by atoms with Crippen molar-refractivity contribution >= 4 is 0 Å². The molecule has 0 radical (unpaired) electrons. The van der Waals surface area contributed by atoms with Crippen LogP contribution in [0.1, 0.15) is 41.1 Å². The average Bonchev–Trinajstić information content (AvgIpc) is 2.31. The molecule has 0 aromatic heterocycles.